The molecule has 0 N–H and O–H groups in total. The fourth-order valence-corrected chi connectivity index (χ4v) is 1.22. The Kier molecular flexibility index (Phi) is 40.2. The van der Waals surface area contributed by atoms with Gasteiger partial charge in [0.2, 0.25) is 0 Å². The van der Waals surface area contributed by atoms with Gasteiger partial charge in [-0.1, -0.05) is 41.0 Å². The topological polar surface area (TPSA) is 114 Å². The molecule has 0 saturated heterocycles. The molecule has 0 aromatic heterocycles. The van der Waals surface area contributed by atoms with Crippen LogP contribution in [0.15, 0.2) is 0 Å². The van der Waals surface area contributed by atoms with Crippen molar-refractivity contribution >= 4 is 23.7 Å². The van der Waals surface area contributed by atoms with Crippen molar-refractivity contribution in [1.82, 2.24) is 0 Å². The van der Waals surface area contributed by atoms with Crippen LogP contribution >= 0.6 is 0 Å². The highest BCUT2D eigenvalue weighted by Gasteiger charge is 2.20. The van der Waals surface area contributed by atoms with Crippen molar-refractivity contribution in [2.24, 2.45) is 5.41 Å². The highest BCUT2D eigenvalue weighted by Crippen LogP contribution is 2.24. The van der Waals surface area contributed by atoms with Crippen LogP contribution in [0, 0.1) is 5.41 Å². The third-order valence-corrected chi connectivity index (χ3v) is 3.55. The molecule has 0 fully saturated rings. The maximum Gasteiger partial charge on any atom is 0.306 e. The molecule has 0 aliphatic rings. The maximum absolute atomic E-state index is 11.0. The molecule has 9 heteroatoms. The molecule has 0 rings (SSSR count). The first-order valence-corrected chi connectivity index (χ1v) is 11.1. The highest BCUT2D eigenvalue weighted by atomic mass is 16.5. The van der Waals surface area contributed by atoms with E-state index in [9.17, 15) is 19.2 Å². The van der Waals surface area contributed by atoms with Crippen molar-refractivity contribution in [3.63, 3.8) is 0 Å². The van der Waals surface area contributed by atoms with Crippen LogP contribution in [0.1, 0.15) is 81.1 Å². The lowest BCUT2D eigenvalue weighted by Crippen LogP contribution is -2.17. The first kappa shape index (κ1) is 41.3. The van der Waals surface area contributed by atoms with Crippen LogP contribution in [0.5, 0.6) is 0 Å². The molecule has 0 saturated carbocycles. The van der Waals surface area contributed by atoms with Gasteiger partial charge in [0.1, 0.15) is 6.61 Å². The molecular weight excluding hydrogens is 432 g/mol. The van der Waals surface area contributed by atoms with Gasteiger partial charge < -0.3 is 23.7 Å². The van der Waals surface area contributed by atoms with Gasteiger partial charge in [0.05, 0.1) is 27.2 Å². The SMILES string of the molecule is CCC(=O)OC.CCC(=O)OC.CCOC.CCOC(=O)CC(C)(C)CC.COCC(C)=O. The first-order chi connectivity index (χ1) is 15.3. The lowest BCUT2D eigenvalue weighted by Gasteiger charge is -2.20. The van der Waals surface area contributed by atoms with Crippen LogP contribution in [-0.4, -0.2) is 72.0 Å². The van der Waals surface area contributed by atoms with E-state index in [1.807, 2.05) is 13.8 Å². The highest BCUT2D eigenvalue weighted by molar-refractivity contribution is 5.76. The van der Waals surface area contributed by atoms with E-state index in [0.29, 0.717) is 25.9 Å². The van der Waals surface area contributed by atoms with Gasteiger partial charge in [-0.25, -0.2) is 0 Å². The minimum atomic E-state index is -0.157. The van der Waals surface area contributed by atoms with Crippen LogP contribution in [-0.2, 0) is 42.9 Å². The molecule has 0 aromatic rings. The summed E-state index contributed by atoms with van der Waals surface area (Å²) in [5.41, 5.74) is 0.0895. The second-order valence-corrected chi connectivity index (χ2v) is 7.07. The zero-order valence-electron chi connectivity index (χ0n) is 23.1. The fourth-order valence-electron chi connectivity index (χ4n) is 1.22. The van der Waals surface area contributed by atoms with Crippen LogP contribution < -0.4 is 0 Å². The second-order valence-electron chi connectivity index (χ2n) is 7.07. The molecule has 0 radical (unpaired) electrons. The van der Waals surface area contributed by atoms with E-state index in [0.717, 1.165) is 13.0 Å². The number of hydrogen-bond donors (Lipinski definition) is 0. The molecular formula is C24H50O9. The Morgan fingerprint density at radius 1 is 0.667 bits per heavy atom. The van der Waals surface area contributed by atoms with Gasteiger partial charge in [-0.2, -0.15) is 0 Å². The fraction of sp³-hybridized carbons (Fsp3) is 0.833. The Morgan fingerprint density at radius 3 is 1.18 bits per heavy atom. The number of esters is 3. The maximum atomic E-state index is 11.0. The number of hydrogen-bond acceptors (Lipinski definition) is 9. The van der Waals surface area contributed by atoms with Gasteiger partial charge in [0.25, 0.3) is 0 Å². The van der Waals surface area contributed by atoms with Crippen molar-refractivity contribution in [3.8, 4) is 0 Å². The Labute approximate surface area is 201 Å². The van der Waals surface area contributed by atoms with Gasteiger partial charge in [-0.3, -0.25) is 19.2 Å². The molecule has 0 spiro atoms. The quantitative estimate of drug-likeness (QED) is 0.348. The smallest absolute Gasteiger partial charge is 0.306 e. The lowest BCUT2D eigenvalue weighted by molar-refractivity contribution is -0.145. The molecule has 0 atom stereocenters. The molecule has 0 amide bonds. The van der Waals surface area contributed by atoms with E-state index in [-0.39, 0.29) is 35.7 Å². The summed E-state index contributed by atoms with van der Waals surface area (Å²) < 4.78 is 22.4. The summed E-state index contributed by atoms with van der Waals surface area (Å²) in [5.74, 6) is -0.332. The Bertz CT molecular complexity index is 431. The van der Waals surface area contributed by atoms with Gasteiger partial charge in [-0.15, -0.1) is 0 Å². The molecule has 0 aromatic carbocycles. The predicted octanol–water partition coefficient (Wildman–Crippen LogP) is 4.39. The summed E-state index contributed by atoms with van der Waals surface area (Å²) in [4.78, 5) is 40.8. The van der Waals surface area contributed by atoms with Crippen LogP contribution in [0.4, 0.5) is 0 Å². The van der Waals surface area contributed by atoms with Crippen molar-refractivity contribution in [2.75, 3.05) is 48.3 Å². The first-order valence-electron chi connectivity index (χ1n) is 11.1. The zero-order valence-corrected chi connectivity index (χ0v) is 23.1. The van der Waals surface area contributed by atoms with Crippen molar-refractivity contribution in [2.45, 2.75) is 81.1 Å². The Morgan fingerprint density at radius 2 is 1.06 bits per heavy atom. The minimum Gasteiger partial charge on any atom is -0.469 e. The number of methoxy groups -OCH3 is 4. The number of Topliss-reactive ketones (excluding diaryl/α,β-unsaturated/α-hetero) is 1. The summed E-state index contributed by atoms with van der Waals surface area (Å²) in [5, 5.41) is 0. The number of rotatable bonds is 9. The molecule has 0 unspecified atom stereocenters. The number of ether oxygens (including phenoxy) is 5. The minimum absolute atomic E-state index is 0.0671. The predicted molar refractivity (Wildman–Crippen MR) is 130 cm³/mol. The third kappa shape index (κ3) is 53.3. The van der Waals surface area contributed by atoms with Gasteiger partial charge in [0, 0.05) is 33.7 Å². The van der Waals surface area contributed by atoms with E-state index in [1.165, 1.54) is 28.3 Å². The van der Waals surface area contributed by atoms with E-state index < -0.39 is 0 Å². The van der Waals surface area contributed by atoms with Crippen molar-refractivity contribution in [1.29, 1.82) is 0 Å². The molecule has 0 aliphatic heterocycles. The Hall–Kier alpha value is -2.00. The summed E-state index contributed by atoms with van der Waals surface area (Å²) >= 11 is 0. The molecule has 0 aliphatic carbocycles. The molecule has 0 heterocycles. The average molecular weight is 483 g/mol. The van der Waals surface area contributed by atoms with Crippen molar-refractivity contribution < 1.29 is 42.9 Å². The third-order valence-electron chi connectivity index (χ3n) is 3.55. The van der Waals surface area contributed by atoms with E-state index in [4.69, 9.17) is 4.74 Å². The summed E-state index contributed by atoms with van der Waals surface area (Å²) in [7, 11) is 5.94. The van der Waals surface area contributed by atoms with E-state index in [2.05, 4.69) is 39.7 Å². The number of ketones is 1. The summed E-state index contributed by atoms with van der Waals surface area (Å²) in [6.07, 6.45) is 2.47. The van der Waals surface area contributed by atoms with E-state index >= 15 is 0 Å². The standard InChI is InChI=1S/C9H18O2.3C4H8O2.C3H8O/c1-5-9(3,4)7-8(10)11-6-2;1-4(5)3-6-2;2*1-3-4(5)6-2;1-3-4-2/h5-7H2,1-4H3;3*3H2,1-2H3;3H2,1-2H3. The summed E-state index contributed by atoms with van der Waals surface area (Å²) in [6, 6.07) is 0. The lowest BCUT2D eigenvalue weighted by atomic mass is 9.87. The number of carbonyl (C=O) groups excluding carboxylic acids is 4. The monoisotopic (exact) mass is 482 g/mol. The second kappa shape index (κ2) is 32.2. The zero-order chi connectivity index (χ0) is 27.3. The van der Waals surface area contributed by atoms with Gasteiger partial charge in [-0.05, 0) is 26.2 Å². The largest absolute Gasteiger partial charge is 0.469 e. The van der Waals surface area contributed by atoms with Crippen LogP contribution in [0.25, 0.3) is 0 Å². The number of carbonyl (C=O) groups is 4. The molecule has 33 heavy (non-hydrogen) atoms. The average Bonchev–Trinajstić information content (AvgIpc) is 2.79. The van der Waals surface area contributed by atoms with Gasteiger partial charge >= 0.3 is 17.9 Å². The van der Waals surface area contributed by atoms with Crippen molar-refractivity contribution in [3.05, 3.63) is 0 Å². The van der Waals surface area contributed by atoms with Crippen LogP contribution in [0.2, 0.25) is 0 Å². The summed E-state index contributed by atoms with van der Waals surface area (Å²) in [6.45, 7) is 16.6. The normalized spacial score (nSPS) is 8.97. The van der Waals surface area contributed by atoms with E-state index in [1.54, 1.807) is 21.0 Å². The molecule has 9 nitrogen and oxygen atoms in total. The Balaban J connectivity index is -0.000000104. The molecule has 200 valence electrons. The molecule has 0 bridgehead atoms. The van der Waals surface area contributed by atoms with Gasteiger partial charge in [0.15, 0.2) is 5.78 Å². The van der Waals surface area contributed by atoms with Crippen LogP contribution in [0.3, 0.4) is 0 Å².